The summed E-state index contributed by atoms with van der Waals surface area (Å²) in [6, 6.07) is 5.43. The zero-order valence-corrected chi connectivity index (χ0v) is 16.5. The first kappa shape index (κ1) is 20.5. The number of aromatic nitrogens is 2. The molecule has 27 heavy (non-hydrogen) atoms. The van der Waals surface area contributed by atoms with Crippen molar-refractivity contribution in [2.24, 2.45) is 0 Å². The minimum absolute atomic E-state index is 0. The third kappa shape index (κ3) is 5.11. The lowest BCUT2D eigenvalue weighted by Crippen LogP contribution is -2.37. The number of hydrogen-bond donors (Lipinski definition) is 1. The number of carbonyl (C=O) groups excluding carboxylic acids is 2. The minimum Gasteiger partial charge on any atom is -0.338 e. The number of rotatable bonds is 3. The van der Waals surface area contributed by atoms with Crippen molar-refractivity contribution in [1.29, 1.82) is 5.26 Å². The van der Waals surface area contributed by atoms with Gasteiger partial charge in [-0.2, -0.15) is 5.26 Å². The van der Waals surface area contributed by atoms with Crippen LogP contribution in [0.4, 0.5) is 5.69 Å². The summed E-state index contributed by atoms with van der Waals surface area (Å²) < 4.78 is 0. The van der Waals surface area contributed by atoms with E-state index in [0.717, 1.165) is 18.5 Å². The van der Waals surface area contributed by atoms with Gasteiger partial charge >= 0.3 is 0 Å². The molecule has 0 bridgehead atoms. The summed E-state index contributed by atoms with van der Waals surface area (Å²) in [4.78, 5) is 35.1. The first-order chi connectivity index (χ1) is 13.1. The standard InChI is InChI=1S/C17H17N5O2S.C2H6.H2/c1-11(23)21-14-9-19-10-20-16(14)12-4-6-22(7-5-12)17(24)15-3-2-13(8-18)25-15;1-2;/h2-3,9-10,12H,4-7H2,1H3,(H,21,23);1-2H3;1H. The molecule has 7 nitrogen and oxygen atoms in total. The number of hydrogen-bond acceptors (Lipinski definition) is 6. The van der Waals surface area contributed by atoms with Gasteiger partial charge in [0.25, 0.3) is 5.91 Å². The maximum Gasteiger partial charge on any atom is 0.263 e. The summed E-state index contributed by atoms with van der Waals surface area (Å²) in [5, 5.41) is 11.7. The van der Waals surface area contributed by atoms with Gasteiger partial charge < -0.3 is 10.2 Å². The molecule has 0 spiro atoms. The van der Waals surface area contributed by atoms with Crippen molar-refractivity contribution < 1.29 is 11.0 Å². The van der Waals surface area contributed by atoms with Crippen molar-refractivity contribution in [3.05, 3.63) is 40.1 Å². The van der Waals surface area contributed by atoms with Gasteiger partial charge in [-0.1, -0.05) is 13.8 Å². The van der Waals surface area contributed by atoms with Crippen molar-refractivity contribution in [2.75, 3.05) is 18.4 Å². The first-order valence-corrected chi connectivity index (χ1v) is 9.77. The highest BCUT2D eigenvalue weighted by molar-refractivity contribution is 7.14. The molecule has 0 unspecified atom stereocenters. The smallest absolute Gasteiger partial charge is 0.263 e. The average Bonchev–Trinajstić information content (AvgIpc) is 3.18. The van der Waals surface area contributed by atoms with Gasteiger partial charge in [-0.15, -0.1) is 11.3 Å². The van der Waals surface area contributed by atoms with Crippen LogP contribution in [-0.4, -0.2) is 39.8 Å². The van der Waals surface area contributed by atoms with Crippen LogP contribution in [0.15, 0.2) is 24.7 Å². The van der Waals surface area contributed by atoms with E-state index in [9.17, 15) is 9.59 Å². The summed E-state index contributed by atoms with van der Waals surface area (Å²) in [6.45, 7) is 6.69. The molecule has 2 aromatic rings. The van der Waals surface area contributed by atoms with Gasteiger partial charge in [0.15, 0.2) is 0 Å². The topological polar surface area (TPSA) is 99.0 Å². The van der Waals surface area contributed by atoms with Crippen LogP contribution in [0.1, 0.15) is 61.2 Å². The molecule has 1 N–H and O–H groups in total. The van der Waals surface area contributed by atoms with Crippen LogP contribution in [-0.2, 0) is 4.79 Å². The second kappa shape index (κ2) is 9.78. The molecule has 1 aliphatic heterocycles. The quantitative estimate of drug-likeness (QED) is 0.866. The third-order valence-corrected chi connectivity index (χ3v) is 5.13. The van der Waals surface area contributed by atoms with Crippen LogP contribution in [0.2, 0.25) is 0 Å². The molecule has 0 aromatic carbocycles. The number of nitriles is 1. The summed E-state index contributed by atoms with van der Waals surface area (Å²) in [6.07, 6.45) is 4.63. The Balaban J connectivity index is 0.00000127. The molecule has 2 aromatic heterocycles. The molecule has 144 valence electrons. The number of anilines is 1. The summed E-state index contributed by atoms with van der Waals surface area (Å²) in [5.74, 6) is -0.0173. The van der Waals surface area contributed by atoms with E-state index in [4.69, 9.17) is 5.26 Å². The molecule has 1 aliphatic rings. The number of carbonyl (C=O) groups is 2. The number of nitrogens with zero attached hydrogens (tertiary/aromatic N) is 4. The summed E-state index contributed by atoms with van der Waals surface area (Å²) >= 11 is 1.22. The molecule has 0 saturated carbocycles. The zero-order valence-electron chi connectivity index (χ0n) is 15.7. The molecule has 3 rings (SSSR count). The van der Waals surface area contributed by atoms with Gasteiger partial charge in [-0.25, -0.2) is 9.97 Å². The Labute approximate surface area is 164 Å². The highest BCUT2D eigenvalue weighted by Gasteiger charge is 2.27. The van der Waals surface area contributed by atoms with E-state index in [-0.39, 0.29) is 19.2 Å². The fourth-order valence-electron chi connectivity index (χ4n) is 2.98. The fourth-order valence-corrected chi connectivity index (χ4v) is 3.75. The molecule has 3 heterocycles. The van der Waals surface area contributed by atoms with Gasteiger partial charge in [0.1, 0.15) is 17.3 Å². The Morgan fingerprint density at radius 2 is 2.04 bits per heavy atom. The third-order valence-electron chi connectivity index (χ3n) is 4.15. The van der Waals surface area contributed by atoms with E-state index in [2.05, 4.69) is 21.4 Å². The SMILES string of the molecule is CC.CC(=O)Nc1cncnc1C1CCN(C(=O)c2ccc(C#N)s2)CC1.[HH]. The highest BCUT2D eigenvalue weighted by atomic mass is 32.1. The number of piperidine rings is 1. The second-order valence-corrected chi connectivity index (χ2v) is 6.93. The summed E-state index contributed by atoms with van der Waals surface area (Å²) in [7, 11) is 0. The Morgan fingerprint density at radius 3 is 2.63 bits per heavy atom. The summed E-state index contributed by atoms with van der Waals surface area (Å²) in [5.41, 5.74) is 1.46. The van der Waals surface area contributed by atoms with Crippen molar-refractivity contribution in [3.8, 4) is 6.07 Å². The van der Waals surface area contributed by atoms with Crippen LogP contribution in [0.5, 0.6) is 0 Å². The number of thiophene rings is 1. The van der Waals surface area contributed by atoms with E-state index in [0.29, 0.717) is 28.5 Å². The van der Waals surface area contributed by atoms with Gasteiger partial charge in [0.05, 0.1) is 22.5 Å². The molecule has 0 radical (unpaired) electrons. The van der Waals surface area contributed by atoms with Crippen molar-refractivity contribution >= 4 is 28.8 Å². The molecule has 1 saturated heterocycles. The highest BCUT2D eigenvalue weighted by Crippen LogP contribution is 2.31. The molecule has 0 aliphatic carbocycles. The Bertz CT molecular complexity index is 841. The molecule has 2 amide bonds. The van der Waals surface area contributed by atoms with Crippen LogP contribution >= 0.6 is 11.3 Å². The number of nitrogens with one attached hydrogen (secondary N) is 1. The molecular formula is C19H25N5O2S. The minimum atomic E-state index is -0.158. The van der Waals surface area contributed by atoms with E-state index in [1.54, 1.807) is 18.3 Å². The normalized spacial score (nSPS) is 13.9. The monoisotopic (exact) mass is 387 g/mol. The van der Waals surface area contributed by atoms with Gasteiger partial charge in [-0.05, 0) is 25.0 Å². The maximum absolute atomic E-state index is 12.5. The zero-order chi connectivity index (χ0) is 19.8. The van der Waals surface area contributed by atoms with E-state index < -0.39 is 0 Å². The van der Waals surface area contributed by atoms with E-state index in [1.807, 2.05) is 18.7 Å². The predicted molar refractivity (Wildman–Crippen MR) is 107 cm³/mol. The average molecular weight is 388 g/mol. The molecule has 8 heteroatoms. The molecule has 0 atom stereocenters. The number of likely N-dealkylation sites (tertiary alicyclic amines) is 1. The van der Waals surface area contributed by atoms with Gasteiger partial charge in [0, 0.05) is 27.4 Å². The molecular weight excluding hydrogens is 362 g/mol. The second-order valence-electron chi connectivity index (χ2n) is 5.85. The lowest BCUT2D eigenvalue weighted by Gasteiger charge is -2.32. The van der Waals surface area contributed by atoms with Crippen LogP contribution in [0.3, 0.4) is 0 Å². The maximum atomic E-state index is 12.5. The van der Waals surface area contributed by atoms with Crippen LogP contribution < -0.4 is 5.32 Å². The lowest BCUT2D eigenvalue weighted by molar-refractivity contribution is -0.114. The van der Waals surface area contributed by atoms with Crippen LogP contribution in [0.25, 0.3) is 0 Å². The van der Waals surface area contributed by atoms with Crippen molar-refractivity contribution in [2.45, 2.75) is 39.5 Å². The predicted octanol–water partition coefficient (Wildman–Crippen LogP) is 3.66. The van der Waals surface area contributed by atoms with E-state index >= 15 is 0 Å². The first-order valence-electron chi connectivity index (χ1n) is 8.95. The van der Waals surface area contributed by atoms with E-state index in [1.165, 1.54) is 24.6 Å². The van der Waals surface area contributed by atoms with Crippen LogP contribution in [0, 0.1) is 11.3 Å². The number of amides is 2. The van der Waals surface area contributed by atoms with Crippen molar-refractivity contribution in [3.63, 3.8) is 0 Å². The lowest BCUT2D eigenvalue weighted by atomic mass is 9.92. The Morgan fingerprint density at radius 1 is 1.33 bits per heavy atom. The largest absolute Gasteiger partial charge is 0.338 e. The Kier molecular flexibility index (Phi) is 7.44. The van der Waals surface area contributed by atoms with Gasteiger partial charge in [0.2, 0.25) is 5.91 Å². The Hall–Kier alpha value is -2.79. The van der Waals surface area contributed by atoms with Crippen molar-refractivity contribution in [1.82, 2.24) is 14.9 Å². The molecule has 1 fully saturated rings. The van der Waals surface area contributed by atoms with Gasteiger partial charge in [-0.3, -0.25) is 9.59 Å². The fraction of sp³-hybridized carbons (Fsp3) is 0.421.